The number of carbonyl (C=O) groups excluding carboxylic acids is 1. The van der Waals surface area contributed by atoms with Crippen molar-refractivity contribution in [3.05, 3.63) is 69.0 Å². The van der Waals surface area contributed by atoms with Gasteiger partial charge in [-0.1, -0.05) is 92.6 Å². The zero-order chi connectivity index (χ0) is 35.5. The van der Waals surface area contributed by atoms with Crippen LogP contribution in [-0.4, -0.2) is 62.8 Å². The summed E-state index contributed by atoms with van der Waals surface area (Å²) in [5.41, 5.74) is 4.28. The Morgan fingerprint density at radius 1 is 0.851 bits per heavy atom. The largest absolute Gasteiger partial charge is 0.433 e. The van der Waals surface area contributed by atoms with Crippen LogP contribution in [0.2, 0.25) is 36.3 Å². The van der Waals surface area contributed by atoms with Crippen molar-refractivity contribution in [1.82, 2.24) is 9.55 Å². The fourth-order valence-corrected chi connectivity index (χ4v) is 7.98. The van der Waals surface area contributed by atoms with Crippen LogP contribution in [0.4, 0.5) is 0 Å². The maximum absolute atomic E-state index is 14.2. The second-order valence-electron chi connectivity index (χ2n) is 17.0. The van der Waals surface area contributed by atoms with Crippen LogP contribution < -0.4 is 17.0 Å². The molecule has 0 aliphatic carbocycles. The van der Waals surface area contributed by atoms with Gasteiger partial charge in [-0.2, -0.15) is 0 Å². The molecule has 0 amide bonds. The zero-order valence-electron chi connectivity index (χ0n) is 30.3. The monoisotopic (exact) mass is 689 g/mol. The molecule has 3 N–H and O–H groups in total. The van der Waals surface area contributed by atoms with Crippen LogP contribution in [-0.2, 0) is 33.5 Å². The number of hydrogen-bond donors (Lipinski definition) is 2. The van der Waals surface area contributed by atoms with E-state index in [0.717, 1.165) is 0 Å². The van der Waals surface area contributed by atoms with Crippen molar-refractivity contribution >= 4 is 22.6 Å². The number of nitrogens with zero attached hydrogens (tertiary/aromatic N) is 1. The van der Waals surface area contributed by atoms with E-state index in [9.17, 15) is 14.4 Å². The number of benzene rings is 1. The Morgan fingerprint density at radius 3 is 1.85 bits per heavy atom. The summed E-state index contributed by atoms with van der Waals surface area (Å²) >= 11 is 0. The van der Waals surface area contributed by atoms with Gasteiger partial charge in [0.1, 0.15) is 18.3 Å². The van der Waals surface area contributed by atoms with Gasteiger partial charge in [0, 0.05) is 17.7 Å². The molecule has 47 heavy (non-hydrogen) atoms. The van der Waals surface area contributed by atoms with E-state index in [1.165, 1.54) is 16.8 Å². The van der Waals surface area contributed by atoms with Gasteiger partial charge in [0.25, 0.3) is 5.56 Å². The van der Waals surface area contributed by atoms with E-state index in [1.807, 2.05) is 39.0 Å². The highest BCUT2D eigenvalue weighted by Gasteiger charge is 2.65. The SMILES string of the molecule is CC(C)(C)[C@@H]1OC(=O)[C@@](c2ccccc2)([C@@H](N)[C@H]2O[C@@H](n3ccc(=O)[nH]c3=O)[C@H](O[Si](C)(C)C(C)(C)C)[C@@H]2O[Si](C)(C)C(C)(C)C)O1. The lowest BCUT2D eigenvalue weighted by Crippen LogP contribution is -2.62. The van der Waals surface area contributed by atoms with E-state index in [4.69, 9.17) is 28.8 Å². The van der Waals surface area contributed by atoms with Crippen molar-refractivity contribution in [1.29, 1.82) is 0 Å². The van der Waals surface area contributed by atoms with Crippen LogP contribution in [0, 0.1) is 5.41 Å². The van der Waals surface area contributed by atoms with Crippen LogP contribution >= 0.6 is 0 Å². The van der Waals surface area contributed by atoms with E-state index >= 15 is 0 Å². The summed E-state index contributed by atoms with van der Waals surface area (Å²) in [5.74, 6) is -0.627. The number of rotatable bonds is 8. The summed E-state index contributed by atoms with van der Waals surface area (Å²) < 4.78 is 35.0. The number of nitrogens with one attached hydrogen (secondary N) is 1. The molecule has 2 saturated heterocycles. The molecule has 0 bridgehead atoms. The number of cyclic esters (lactones) is 1. The van der Waals surface area contributed by atoms with Crippen LogP contribution in [0.15, 0.2) is 52.2 Å². The van der Waals surface area contributed by atoms with Crippen LogP contribution in [0.25, 0.3) is 0 Å². The third-order valence-corrected chi connectivity index (χ3v) is 19.3. The van der Waals surface area contributed by atoms with Crippen LogP contribution in [0.5, 0.6) is 0 Å². The number of H-pyrrole nitrogens is 1. The minimum absolute atomic E-state index is 0.210. The minimum Gasteiger partial charge on any atom is -0.433 e. The predicted molar refractivity (Wildman–Crippen MR) is 186 cm³/mol. The molecule has 0 radical (unpaired) electrons. The Balaban J connectivity index is 1.97. The molecule has 0 saturated carbocycles. The molecule has 2 fully saturated rings. The molecular weight excluding hydrogens is 635 g/mol. The molecule has 0 spiro atoms. The first-order valence-electron chi connectivity index (χ1n) is 16.4. The van der Waals surface area contributed by atoms with Crippen molar-refractivity contribution in [3.8, 4) is 0 Å². The Labute approximate surface area is 280 Å². The van der Waals surface area contributed by atoms with Crippen molar-refractivity contribution in [3.63, 3.8) is 0 Å². The topological polar surface area (TPSA) is 144 Å². The van der Waals surface area contributed by atoms with Crippen LogP contribution in [0.1, 0.15) is 74.1 Å². The molecule has 2 aliphatic rings. The normalized spacial score (nSPS) is 28.4. The highest BCUT2D eigenvalue weighted by molar-refractivity contribution is 6.74. The molecular formula is C34H55N3O8Si2. The molecule has 13 heteroatoms. The molecule has 11 nitrogen and oxygen atoms in total. The molecule has 2 aromatic rings. The summed E-state index contributed by atoms with van der Waals surface area (Å²) in [5, 5.41) is -0.424. The van der Waals surface area contributed by atoms with Gasteiger partial charge < -0.3 is 28.8 Å². The third kappa shape index (κ3) is 7.03. The first kappa shape index (κ1) is 37.4. The average Bonchev–Trinajstić information content (AvgIpc) is 3.45. The molecule has 262 valence electrons. The summed E-state index contributed by atoms with van der Waals surface area (Å²) in [6, 6.07) is 9.17. The van der Waals surface area contributed by atoms with Crippen molar-refractivity contribution in [2.24, 2.45) is 11.1 Å². The first-order valence-corrected chi connectivity index (χ1v) is 22.2. The lowest BCUT2D eigenvalue weighted by Gasteiger charge is -2.45. The number of hydrogen-bond acceptors (Lipinski definition) is 9. The smallest absolute Gasteiger partial charge is 0.347 e. The highest BCUT2D eigenvalue weighted by atomic mass is 28.4. The summed E-state index contributed by atoms with van der Waals surface area (Å²) in [7, 11) is -5.14. The Hall–Kier alpha value is -2.40. The molecule has 1 aromatic carbocycles. The fourth-order valence-electron chi connectivity index (χ4n) is 5.39. The second-order valence-corrected chi connectivity index (χ2v) is 26.6. The summed E-state index contributed by atoms with van der Waals surface area (Å²) in [6.45, 7) is 27.0. The minimum atomic E-state index is -2.58. The lowest BCUT2D eigenvalue weighted by molar-refractivity contribution is -0.167. The molecule has 7 atom stereocenters. The van der Waals surface area contributed by atoms with Gasteiger partial charge in [0.05, 0.1) is 6.04 Å². The lowest BCUT2D eigenvalue weighted by atomic mass is 9.82. The molecule has 4 rings (SSSR count). The Bertz CT molecular complexity index is 1550. The first-order chi connectivity index (χ1) is 21.3. The molecule has 0 unspecified atom stereocenters. The van der Waals surface area contributed by atoms with Crippen molar-refractivity contribution in [2.45, 2.75) is 141 Å². The number of ether oxygens (including phenoxy) is 3. The fraction of sp³-hybridized carbons (Fsp3) is 0.676. The average molecular weight is 690 g/mol. The zero-order valence-corrected chi connectivity index (χ0v) is 32.3. The maximum atomic E-state index is 14.2. The van der Waals surface area contributed by atoms with E-state index < -0.39 is 81.7 Å². The molecule has 1 aromatic heterocycles. The summed E-state index contributed by atoms with van der Waals surface area (Å²) in [6.07, 6.45) is -3.19. The number of carbonyl (C=O) groups is 1. The Kier molecular flexibility index (Phi) is 9.94. The van der Waals surface area contributed by atoms with E-state index in [2.05, 4.69) is 72.7 Å². The van der Waals surface area contributed by atoms with Gasteiger partial charge in [-0.3, -0.25) is 14.3 Å². The van der Waals surface area contributed by atoms with Crippen LogP contribution in [0.3, 0.4) is 0 Å². The highest BCUT2D eigenvalue weighted by Crippen LogP contribution is 2.50. The third-order valence-electron chi connectivity index (χ3n) is 10.4. The van der Waals surface area contributed by atoms with Gasteiger partial charge in [0.15, 0.2) is 22.9 Å². The van der Waals surface area contributed by atoms with E-state index in [0.29, 0.717) is 5.56 Å². The van der Waals surface area contributed by atoms with Gasteiger partial charge in [-0.15, -0.1) is 0 Å². The van der Waals surface area contributed by atoms with Gasteiger partial charge in [0.2, 0.25) is 11.9 Å². The standard InChI is InChI=1S/C34H55N3O8Si2/c1-31(2,3)29-42-28(39)34(43-29,21-17-15-14-16-18-21)26(35)24-23(44-46(10,11)32(4,5)6)25(45-47(12,13)33(7,8)9)27(41-24)37-20-19-22(38)36-30(37)40/h14-20,23-27,29H,35H2,1-13H3,(H,36,38,40)/t23-,24+,25-,26+,27-,29-,34-/m1/s1. The van der Waals surface area contributed by atoms with Gasteiger partial charge >= 0.3 is 11.7 Å². The Morgan fingerprint density at radius 2 is 1.38 bits per heavy atom. The molecule has 2 aliphatic heterocycles. The van der Waals surface area contributed by atoms with E-state index in [1.54, 1.807) is 12.1 Å². The summed E-state index contributed by atoms with van der Waals surface area (Å²) in [4.78, 5) is 41.9. The second kappa shape index (κ2) is 12.5. The van der Waals surface area contributed by atoms with Gasteiger partial charge in [-0.25, -0.2) is 9.59 Å². The maximum Gasteiger partial charge on any atom is 0.347 e. The number of esters is 1. The van der Waals surface area contributed by atoms with E-state index in [-0.39, 0.29) is 10.1 Å². The predicted octanol–water partition coefficient (Wildman–Crippen LogP) is 5.38. The number of nitrogens with two attached hydrogens (primary N) is 1. The van der Waals surface area contributed by atoms with Gasteiger partial charge in [-0.05, 0) is 41.8 Å². The molecule has 3 heterocycles. The quantitative estimate of drug-likeness (QED) is 0.276. The van der Waals surface area contributed by atoms with Crippen molar-refractivity contribution in [2.75, 3.05) is 0 Å². The van der Waals surface area contributed by atoms with Crippen molar-refractivity contribution < 1.29 is 27.9 Å². The number of aromatic nitrogens is 2. The number of aromatic amines is 1.